The van der Waals surface area contributed by atoms with Crippen LogP contribution in [0.3, 0.4) is 0 Å². The number of nitrogens with zero attached hydrogens (tertiary/aromatic N) is 4. The smallest absolute Gasteiger partial charge is 0.222 e. The first kappa shape index (κ1) is 11.4. The van der Waals surface area contributed by atoms with Crippen molar-refractivity contribution in [3.63, 3.8) is 0 Å². The number of aromatic nitrogens is 4. The first-order chi connectivity index (χ1) is 8.04. The molecule has 0 amide bonds. The number of hydrogen-bond acceptors (Lipinski definition) is 5. The Labute approximate surface area is 99.9 Å². The Kier molecular flexibility index (Phi) is 2.95. The molecule has 0 radical (unpaired) electrons. The SMILES string of the molecule is CC(C)Nc1cc(-c2cnn(C)c2)nc(N)n1. The van der Waals surface area contributed by atoms with Gasteiger partial charge < -0.3 is 11.1 Å². The van der Waals surface area contributed by atoms with Crippen molar-refractivity contribution in [3.05, 3.63) is 18.5 Å². The quantitative estimate of drug-likeness (QED) is 0.833. The van der Waals surface area contributed by atoms with Crippen LogP contribution < -0.4 is 11.1 Å². The zero-order chi connectivity index (χ0) is 12.4. The first-order valence-electron chi connectivity index (χ1n) is 5.44. The molecule has 90 valence electrons. The van der Waals surface area contributed by atoms with Gasteiger partial charge in [0, 0.05) is 30.9 Å². The van der Waals surface area contributed by atoms with Gasteiger partial charge in [0.1, 0.15) is 5.82 Å². The highest BCUT2D eigenvalue weighted by Crippen LogP contribution is 2.20. The first-order valence-corrected chi connectivity index (χ1v) is 5.44. The molecule has 0 unspecified atom stereocenters. The molecule has 0 saturated heterocycles. The molecule has 0 aliphatic heterocycles. The molecule has 6 heteroatoms. The van der Waals surface area contributed by atoms with E-state index in [0.29, 0.717) is 6.04 Å². The molecule has 0 aliphatic carbocycles. The van der Waals surface area contributed by atoms with Gasteiger partial charge >= 0.3 is 0 Å². The number of anilines is 2. The summed E-state index contributed by atoms with van der Waals surface area (Å²) in [6.45, 7) is 4.09. The maximum absolute atomic E-state index is 5.69. The van der Waals surface area contributed by atoms with Gasteiger partial charge in [-0.15, -0.1) is 0 Å². The zero-order valence-electron chi connectivity index (χ0n) is 10.2. The van der Waals surface area contributed by atoms with E-state index in [0.717, 1.165) is 17.1 Å². The molecular formula is C11H16N6. The lowest BCUT2D eigenvalue weighted by Gasteiger charge is -2.10. The van der Waals surface area contributed by atoms with Crippen LogP contribution in [-0.2, 0) is 7.05 Å². The van der Waals surface area contributed by atoms with Crippen LogP contribution in [0.2, 0.25) is 0 Å². The summed E-state index contributed by atoms with van der Waals surface area (Å²) in [5.41, 5.74) is 7.39. The van der Waals surface area contributed by atoms with E-state index in [-0.39, 0.29) is 5.95 Å². The summed E-state index contributed by atoms with van der Waals surface area (Å²) in [5, 5.41) is 7.31. The molecule has 2 aromatic rings. The Morgan fingerprint density at radius 1 is 1.35 bits per heavy atom. The second-order valence-corrected chi connectivity index (χ2v) is 4.20. The van der Waals surface area contributed by atoms with E-state index in [9.17, 15) is 0 Å². The Balaban J connectivity index is 2.37. The summed E-state index contributed by atoms with van der Waals surface area (Å²) in [6.07, 6.45) is 3.64. The third-order valence-corrected chi connectivity index (χ3v) is 2.18. The van der Waals surface area contributed by atoms with Crippen molar-refractivity contribution in [1.82, 2.24) is 19.7 Å². The number of nitrogen functional groups attached to an aromatic ring is 1. The monoisotopic (exact) mass is 232 g/mol. The molecule has 3 N–H and O–H groups in total. The minimum absolute atomic E-state index is 0.259. The van der Waals surface area contributed by atoms with Crippen molar-refractivity contribution in [2.45, 2.75) is 19.9 Å². The van der Waals surface area contributed by atoms with E-state index in [1.807, 2.05) is 33.2 Å². The lowest BCUT2D eigenvalue weighted by Crippen LogP contribution is -2.12. The summed E-state index contributed by atoms with van der Waals surface area (Å²) in [5.74, 6) is 0.987. The maximum atomic E-state index is 5.69. The summed E-state index contributed by atoms with van der Waals surface area (Å²) in [7, 11) is 1.86. The average Bonchev–Trinajstić information content (AvgIpc) is 2.62. The minimum atomic E-state index is 0.259. The van der Waals surface area contributed by atoms with E-state index >= 15 is 0 Å². The van der Waals surface area contributed by atoms with E-state index in [1.165, 1.54) is 0 Å². The van der Waals surface area contributed by atoms with Gasteiger partial charge in [-0.1, -0.05) is 0 Å². The molecule has 0 bridgehead atoms. The van der Waals surface area contributed by atoms with Crippen LogP contribution in [0.5, 0.6) is 0 Å². The summed E-state index contributed by atoms with van der Waals surface area (Å²) in [6, 6.07) is 2.17. The fourth-order valence-electron chi connectivity index (χ4n) is 1.54. The largest absolute Gasteiger partial charge is 0.368 e. The molecule has 2 heterocycles. The van der Waals surface area contributed by atoms with E-state index in [2.05, 4.69) is 20.4 Å². The Hall–Kier alpha value is -2.11. The minimum Gasteiger partial charge on any atom is -0.368 e. The molecule has 2 rings (SSSR count). The highest BCUT2D eigenvalue weighted by Gasteiger charge is 2.07. The maximum Gasteiger partial charge on any atom is 0.222 e. The molecular weight excluding hydrogens is 216 g/mol. The van der Waals surface area contributed by atoms with Crippen LogP contribution in [0, 0.1) is 0 Å². The fourth-order valence-corrected chi connectivity index (χ4v) is 1.54. The molecule has 0 atom stereocenters. The van der Waals surface area contributed by atoms with Gasteiger partial charge in [-0.25, -0.2) is 4.98 Å². The Bertz CT molecular complexity index is 516. The number of aryl methyl sites for hydroxylation is 1. The molecule has 2 aromatic heterocycles. The predicted molar refractivity (Wildman–Crippen MR) is 67.4 cm³/mol. The number of nitrogens with one attached hydrogen (secondary N) is 1. The third-order valence-electron chi connectivity index (χ3n) is 2.18. The Morgan fingerprint density at radius 3 is 2.71 bits per heavy atom. The van der Waals surface area contributed by atoms with E-state index in [4.69, 9.17) is 5.73 Å². The van der Waals surface area contributed by atoms with E-state index in [1.54, 1.807) is 10.9 Å². The predicted octanol–water partition coefficient (Wildman–Crippen LogP) is 1.28. The van der Waals surface area contributed by atoms with Crippen LogP contribution in [0.1, 0.15) is 13.8 Å². The lowest BCUT2D eigenvalue weighted by atomic mass is 10.2. The second kappa shape index (κ2) is 4.40. The van der Waals surface area contributed by atoms with Crippen LogP contribution in [0.15, 0.2) is 18.5 Å². The van der Waals surface area contributed by atoms with Gasteiger partial charge in [0.25, 0.3) is 0 Å². The van der Waals surface area contributed by atoms with Gasteiger partial charge in [-0.3, -0.25) is 4.68 Å². The number of rotatable bonds is 3. The van der Waals surface area contributed by atoms with Crippen molar-refractivity contribution >= 4 is 11.8 Å². The van der Waals surface area contributed by atoms with Gasteiger partial charge in [0.05, 0.1) is 11.9 Å². The molecule has 6 nitrogen and oxygen atoms in total. The van der Waals surface area contributed by atoms with Crippen molar-refractivity contribution in [2.24, 2.45) is 7.05 Å². The number of hydrogen-bond donors (Lipinski definition) is 2. The van der Waals surface area contributed by atoms with Gasteiger partial charge in [0.15, 0.2) is 0 Å². The zero-order valence-corrected chi connectivity index (χ0v) is 10.2. The molecule has 0 aliphatic rings. The van der Waals surface area contributed by atoms with Crippen LogP contribution in [-0.4, -0.2) is 25.8 Å². The van der Waals surface area contributed by atoms with Crippen molar-refractivity contribution in [1.29, 1.82) is 0 Å². The highest BCUT2D eigenvalue weighted by atomic mass is 15.2. The highest BCUT2D eigenvalue weighted by molar-refractivity contribution is 5.62. The molecule has 0 aromatic carbocycles. The van der Waals surface area contributed by atoms with Gasteiger partial charge in [-0.2, -0.15) is 10.1 Å². The Morgan fingerprint density at radius 2 is 2.12 bits per heavy atom. The summed E-state index contributed by atoms with van der Waals surface area (Å²) >= 11 is 0. The van der Waals surface area contributed by atoms with E-state index < -0.39 is 0 Å². The summed E-state index contributed by atoms with van der Waals surface area (Å²) in [4.78, 5) is 8.33. The average molecular weight is 232 g/mol. The third kappa shape index (κ3) is 2.72. The number of nitrogens with two attached hydrogens (primary N) is 1. The second-order valence-electron chi connectivity index (χ2n) is 4.20. The van der Waals surface area contributed by atoms with Crippen molar-refractivity contribution in [3.8, 4) is 11.3 Å². The van der Waals surface area contributed by atoms with Crippen LogP contribution >= 0.6 is 0 Å². The molecule has 0 saturated carbocycles. The van der Waals surface area contributed by atoms with Crippen LogP contribution in [0.25, 0.3) is 11.3 Å². The van der Waals surface area contributed by atoms with Gasteiger partial charge in [-0.05, 0) is 13.8 Å². The lowest BCUT2D eigenvalue weighted by molar-refractivity contribution is 0.768. The normalized spacial score (nSPS) is 10.8. The molecule has 17 heavy (non-hydrogen) atoms. The molecule has 0 fully saturated rings. The van der Waals surface area contributed by atoms with Crippen molar-refractivity contribution < 1.29 is 0 Å². The van der Waals surface area contributed by atoms with Crippen molar-refractivity contribution in [2.75, 3.05) is 11.1 Å². The van der Waals surface area contributed by atoms with Gasteiger partial charge in [0.2, 0.25) is 5.95 Å². The molecule has 0 spiro atoms. The summed E-state index contributed by atoms with van der Waals surface area (Å²) < 4.78 is 1.73. The standard InChI is InChI=1S/C11H16N6/c1-7(2)14-10-4-9(15-11(12)16-10)8-5-13-17(3)6-8/h4-7H,1-3H3,(H3,12,14,15,16). The van der Waals surface area contributed by atoms with Crippen LogP contribution in [0.4, 0.5) is 11.8 Å². The fraction of sp³-hybridized carbons (Fsp3) is 0.364. The topological polar surface area (TPSA) is 81.7 Å².